The Hall–Kier alpha value is -2.67. The maximum Gasteiger partial charge on any atom is 0.335 e. The Kier molecular flexibility index (Phi) is 3.81. The summed E-state index contributed by atoms with van der Waals surface area (Å²) in [6.45, 7) is 1.76. The number of nitrogens with two attached hydrogens (primary N) is 1. The minimum absolute atomic E-state index is 0.0812. The van der Waals surface area contributed by atoms with Crippen molar-refractivity contribution in [2.75, 3.05) is 5.43 Å². The highest BCUT2D eigenvalue weighted by molar-refractivity contribution is 5.68. The van der Waals surface area contributed by atoms with Gasteiger partial charge in [-0.25, -0.2) is 4.39 Å². The Morgan fingerprint density at radius 1 is 1.30 bits per heavy atom. The average molecular weight is 277 g/mol. The van der Waals surface area contributed by atoms with Crippen LogP contribution in [0.3, 0.4) is 0 Å². The molecular weight excluding hydrogens is 265 g/mol. The van der Waals surface area contributed by atoms with E-state index >= 15 is 0 Å². The summed E-state index contributed by atoms with van der Waals surface area (Å²) in [5.74, 6) is 4.45. The van der Waals surface area contributed by atoms with Crippen LogP contribution < -0.4 is 16.0 Å². The molecule has 0 aliphatic heterocycles. The summed E-state index contributed by atoms with van der Waals surface area (Å²) < 4.78 is 18.9. The molecule has 0 fully saturated rings. The zero-order valence-corrected chi connectivity index (χ0v) is 10.6. The molecular formula is C13H12FN3O3. The molecule has 0 aliphatic carbocycles. The third kappa shape index (κ3) is 2.67. The maximum absolute atomic E-state index is 13.6. The first kappa shape index (κ1) is 13.8. The third-order valence-corrected chi connectivity index (χ3v) is 2.64. The third-order valence-electron chi connectivity index (χ3n) is 2.64. The Morgan fingerprint density at radius 2 is 2.05 bits per heavy atom. The molecule has 0 unspecified atom stereocenters. The molecule has 20 heavy (non-hydrogen) atoms. The van der Waals surface area contributed by atoms with Crippen LogP contribution in [-0.2, 0) is 0 Å². The molecule has 0 aliphatic rings. The molecule has 0 aromatic heterocycles. The summed E-state index contributed by atoms with van der Waals surface area (Å²) in [4.78, 5) is 10.4. The van der Waals surface area contributed by atoms with Crippen LogP contribution in [-0.4, -0.2) is 4.92 Å². The van der Waals surface area contributed by atoms with Gasteiger partial charge in [0.05, 0.1) is 4.92 Å². The van der Waals surface area contributed by atoms with Gasteiger partial charge in [-0.1, -0.05) is 12.1 Å². The minimum atomic E-state index is -0.641. The van der Waals surface area contributed by atoms with Crippen LogP contribution >= 0.6 is 0 Å². The van der Waals surface area contributed by atoms with Crippen LogP contribution in [0.25, 0.3) is 0 Å². The highest BCUT2D eigenvalue weighted by atomic mass is 19.1. The van der Waals surface area contributed by atoms with Crippen molar-refractivity contribution in [2.24, 2.45) is 5.84 Å². The van der Waals surface area contributed by atoms with E-state index in [1.54, 1.807) is 13.0 Å². The number of nitro benzene ring substituents is 1. The van der Waals surface area contributed by atoms with Gasteiger partial charge in [0.1, 0.15) is 5.69 Å². The van der Waals surface area contributed by atoms with Crippen molar-refractivity contribution in [3.63, 3.8) is 0 Å². The zero-order valence-electron chi connectivity index (χ0n) is 10.6. The summed E-state index contributed by atoms with van der Waals surface area (Å²) >= 11 is 0. The van der Waals surface area contributed by atoms with E-state index in [9.17, 15) is 14.5 Å². The fraction of sp³-hybridized carbons (Fsp3) is 0.0769. The Balaban J connectivity index is 2.48. The lowest BCUT2D eigenvalue weighted by atomic mass is 10.2. The SMILES string of the molecule is Cc1ccc(F)c(Oc2cccc(NN)c2[N+](=O)[O-])c1. The molecule has 2 rings (SSSR count). The Labute approximate surface area is 114 Å². The molecule has 6 nitrogen and oxygen atoms in total. The van der Waals surface area contributed by atoms with E-state index in [1.807, 2.05) is 0 Å². The number of aryl methyl sites for hydroxylation is 1. The average Bonchev–Trinajstić information content (AvgIpc) is 2.42. The topological polar surface area (TPSA) is 90.4 Å². The van der Waals surface area contributed by atoms with Crippen molar-refractivity contribution in [3.8, 4) is 11.5 Å². The highest BCUT2D eigenvalue weighted by Crippen LogP contribution is 2.37. The molecule has 0 radical (unpaired) electrons. The second-order valence-electron chi connectivity index (χ2n) is 4.09. The molecule has 2 aromatic rings. The molecule has 0 heterocycles. The maximum atomic E-state index is 13.6. The van der Waals surface area contributed by atoms with Gasteiger partial charge in [-0.3, -0.25) is 16.0 Å². The first-order valence-corrected chi connectivity index (χ1v) is 5.71. The molecule has 2 aromatic carbocycles. The molecule has 0 saturated heterocycles. The first-order chi connectivity index (χ1) is 9.52. The Bertz CT molecular complexity index is 661. The van der Waals surface area contributed by atoms with E-state index in [1.165, 1.54) is 30.3 Å². The number of nitrogens with one attached hydrogen (secondary N) is 1. The normalized spacial score (nSPS) is 10.2. The van der Waals surface area contributed by atoms with Crippen molar-refractivity contribution in [2.45, 2.75) is 6.92 Å². The van der Waals surface area contributed by atoms with E-state index in [2.05, 4.69) is 5.43 Å². The van der Waals surface area contributed by atoms with Crippen LogP contribution in [0, 0.1) is 22.9 Å². The lowest BCUT2D eigenvalue weighted by Gasteiger charge is -2.10. The van der Waals surface area contributed by atoms with Crippen LogP contribution in [0.1, 0.15) is 5.56 Å². The quantitative estimate of drug-likeness (QED) is 0.509. The van der Waals surface area contributed by atoms with Crippen molar-refractivity contribution in [1.29, 1.82) is 0 Å². The summed E-state index contributed by atoms with van der Waals surface area (Å²) in [6, 6.07) is 8.60. The van der Waals surface area contributed by atoms with E-state index < -0.39 is 10.7 Å². The van der Waals surface area contributed by atoms with Gasteiger partial charge in [0.2, 0.25) is 5.75 Å². The lowest BCUT2D eigenvalue weighted by molar-refractivity contribution is -0.384. The number of ether oxygens (including phenoxy) is 1. The summed E-state index contributed by atoms with van der Waals surface area (Å²) in [5, 5.41) is 11.1. The van der Waals surface area contributed by atoms with Gasteiger partial charge in [0, 0.05) is 0 Å². The van der Waals surface area contributed by atoms with Crippen molar-refractivity contribution in [1.82, 2.24) is 0 Å². The van der Waals surface area contributed by atoms with Crippen LogP contribution in [0.5, 0.6) is 11.5 Å². The number of hydrogen-bond donors (Lipinski definition) is 2. The van der Waals surface area contributed by atoms with Crippen LogP contribution in [0.4, 0.5) is 15.8 Å². The van der Waals surface area contributed by atoms with Crippen molar-refractivity contribution >= 4 is 11.4 Å². The van der Waals surface area contributed by atoms with Gasteiger partial charge < -0.3 is 10.2 Å². The zero-order chi connectivity index (χ0) is 14.7. The van der Waals surface area contributed by atoms with Gasteiger partial charge in [0.15, 0.2) is 11.6 Å². The number of benzene rings is 2. The number of hydrazine groups is 1. The molecule has 0 saturated carbocycles. The largest absolute Gasteiger partial charge is 0.447 e. The van der Waals surface area contributed by atoms with Gasteiger partial charge in [-0.2, -0.15) is 0 Å². The first-order valence-electron chi connectivity index (χ1n) is 5.71. The second kappa shape index (κ2) is 5.54. The molecule has 0 bridgehead atoms. The number of halogens is 1. The van der Waals surface area contributed by atoms with E-state index in [4.69, 9.17) is 10.6 Å². The van der Waals surface area contributed by atoms with E-state index in [0.717, 1.165) is 5.56 Å². The second-order valence-corrected chi connectivity index (χ2v) is 4.09. The monoisotopic (exact) mass is 277 g/mol. The number of nitrogens with zero attached hydrogens (tertiary/aromatic N) is 1. The predicted molar refractivity (Wildman–Crippen MR) is 72.1 cm³/mol. The number of anilines is 1. The molecule has 0 amide bonds. The molecule has 0 atom stereocenters. The predicted octanol–water partition coefficient (Wildman–Crippen LogP) is 3.12. The standard InChI is InChI=1S/C13H12FN3O3/c1-8-5-6-9(14)12(7-8)20-11-4-2-3-10(16-15)13(11)17(18)19/h2-7,16H,15H2,1H3. The van der Waals surface area contributed by atoms with E-state index in [-0.39, 0.29) is 22.9 Å². The fourth-order valence-electron chi connectivity index (χ4n) is 1.72. The van der Waals surface area contributed by atoms with Gasteiger partial charge >= 0.3 is 5.69 Å². The number of para-hydroxylation sites is 1. The lowest BCUT2D eigenvalue weighted by Crippen LogP contribution is -2.09. The number of hydrogen-bond acceptors (Lipinski definition) is 5. The highest BCUT2D eigenvalue weighted by Gasteiger charge is 2.21. The van der Waals surface area contributed by atoms with Crippen LogP contribution in [0.15, 0.2) is 36.4 Å². The van der Waals surface area contributed by atoms with Crippen LogP contribution in [0.2, 0.25) is 0 Å². The van der Waals surface area contributed by atoms with Gasteiger partial charge in [0.25, 0.3) is 0 Å². The van der Waals surface area contributed by atoms with Crippen molar-refractivity contribution < 1.29 is 14.1 Å². The molecule has 104 valence electrons. The minimum Gasteiger partial charge on any atom is -0.447 e. The number of nitrogen functional groups attached to an aromatic ring is 1. The molecule has 7 heteroatoms. The summed E-state index contributed by atoms with van der Waals surface area (Å²) in [6.07, 6.45) is 0. The fourth-order valence-corrected chi connectivity index (χ4v) is 1.72. The number of rotatable bonds is 4. The van der Waals surface area contributed by atoms with Gasteiger partial charge in [-0.05, 0) is 36.8 Å². The number of nitro groups is 1. The summed E-state index contributed by atoms with van der Waals surface area (Å²) in [7, 11) is 0. The van der Waals surface area contributed by atoms with E-state index in [0.29, 0.717) is 0 Å². The molecule has 3 N–H and O–H groups in total. The van der Waals surface area contributed by atoms with Gasteiger partial charge in [-0.15, -0.1) is 0 Å². The Morgan fingerprint density at radius 3 is 2.70 bits per heavy atom. The summed E-state index contributed by atoms with van der Waals surface area (Å²) in [5.41, 5.74) is 2.72. The smallest absolute Gasteiger partial charge is 0.335 e. The van der Waals surface area contributed by atoms with Crippen molar-refractivity contribution in [3.05, 3.63) is 57.9 Å². The molecule has 0 spiro atoms.